The molecule has 0 fully saturated rings. The number of halogens is 1. The van der Waals surface area contributed by atoms with Crippen LogP contribution in [0.15, 0.2) is 18.2 Å². The molecule has 1 N–H and O–H groups in total. The average Bonchev–Trinajstić information content (AvgIpc) is 2.33. The van der Waals surface area contributed by atoms with Crippen LogP contribution in [0.1, 0.15) is 46.1 Å². The lowest BCUT2D eigenvalue weighted by Crippen LogP contribution is -2.28. The summed E-state index contributed by atoms with van der Waals surface area (Å²) in [6.45, 7) is 9.84. The van der Waals surface area contributed by atoms with Gasteiger partial charge in [-0.2, -0.15) is 0 Å². The molecule has 0 unspecified atom stereocenters. The number of hydrogen-bond acceptors (Lipinski definition) is 2. The smallest absolute Gasteiger partial charge is 0.124 e. The SMILES string of the molecule is CCCNCc1cc(F)ccc1OC(C)(C)CC. The standard InChI is InChI=1S/C15H24FNO/c1-5-9-17-11-12-10-13(16)7-8-14(12)18-15(3,4)6-2/h7-8,10,17H,5-6,9,11H2,1-4H3. The van der Waals surface area contributed by atoms with Crippen molar-refractivity contribution in [2.45, 2.75) is 52.7 Å². The summed E-state index contributed by atoms with van der Waals surface area (Å²) in [7, 11) is 0. The number of rotatable bonds is 7. The second-order valence-corrected chi connectivity index (χ2v) is 5.14. The highest BCUT2D eigenvalue weighted by Gasteiger charge is 2.18. The topological polar surface area (TPSA) is 21.3 Å². The van der Waals surface area contributed by atoms with Gasteiger partial charge < -0.3 is 10.1 Å². The first-order chi connectivity index (χ1) is 8.48. The lowest BCUT2D eigenvalue weighted by atomic mass is 10.1. The molecule has 0 amide bonds. The van der Waals surface area contributed by atoms with Gasteiger partial charge in [0.05, 0.1) is 0 Å². The predicted molar refractivity (Wildman–Crippen MR) is 73.4 cm³/mol. The minimum atomic E-state index is -0.225. The van der Waals surface area contributed by atoms with Crippen LogP contribution in [0, 0.1) is 5.82 Å². The lowest BCUT2D eigenvalue weighted by molar-refractivity contribution is 0.103. The Hall–Kier alpha value is -1.09. The van der Waals surface area contributed by atoms with Gasteiger partial charge in [-0.15, -0.1) is 0 Å². The number of benzene rings is 1. The maximum Gasteiger partial charge on any atom is 0.124 e. The fourth-order valence-corrected chi connectivity index (χ4v) is 1.56. The fraction of sp³-hybridized carbons (Fsp3) is 0.600. The fourth-order valence-electron chi connectivity index (χ4n) is 1.56. The molecule has 1 rings (SSSR count). The van der Waals surface area contributed by atoms with E-state index in [-0.39, 0.29) is 11.4 Å². The van der Waals surface area contributed by atoms with Gasteiger partial charge in [0, 0.05) is 12.1 Å². The summed E-state index contributed by atoms with van der Waals surface area (Å²) < 4.78 is 19.2. The molecule has 2 nitrogen and oxygen atoms in total. The van der Waals surface area contributed by atoms with E-state index in [1.165, 1.54) is 6.07 Å². The van der Waals surface area contributed by atoms with Crippen molar-refractivity contribution in [1.82, 2.24) is 5.32 Å². The maximum absolute atomic E-state index is 13.3. The molecule has 0 bridgehead atoms. The third-order valence-electron chi connectivity index (χ3n) is 3.00. The van der Waals surface area contributed by atoms with Gasteiger partial charge in [0.25, 0.3) is 0 Å². The monoisotopic (exact) mass is 253 g/mol. The van der Waals surface area contributed by atoms with Crippen molar-refractivity contribution >= 4 is 0 Å². The van der Waals surface area contributed by atoms with E-state index in [1.54, 1.807) is 12.1 Å². The molecule has 102 valence electrons. The van der Waals surface area contributed by atoms with Gasteiger partial charge in [-0.3, -0.25) is 0 Å². The van der Waals surface area contributed by atoms with Crippen LogP contribution in [-0.2, 0) is 6.54 Å². The molecule has 18 heavy (non-hydrogen) atoms. The third-order valence-corrected chi connectivity index (χ3v) is 3.00. The van der Waals surface area contributed by atoms with Crippen molar-refractivity contribution in [3.8, 4) is 5.75 Å². The molecule has 0 heterocycles. The van der Waals surface area contributed by atoms with E-state index in [0.717, 1.165) is 30.7 Å². The zero-order valence-electron chi connectivity index (χ0n) is 11.8. The Morgan fingerprint density at radius 3 is 2.61 bits per heavy atom. The van der Waals surface area contributed by atoms with Gasteiger partial charge in [0.2, 0.25) is 0 Å². The Labute approximate surface area is 110 Å². The molecular formula is C15H24FNO. The van der Waals surface area contributed by atoms with Gasteiger partial charge in [-0.05, 0) is 51.4 Å². The van der Waals surface area contributed by atoms with Gasteiger partial charge in [-0.1, -0.05) is 13.8 Å². The average molecular weight is 253 g/mol. The number of hydrogen-bond donors (Lipinski definition) is 1. The van der Waals surface area contributed by atoms with Crippen LogP contribution in [-0.4, -0.2) is 12.1 Å². The van der Waals surface area contributed by atoms with E-state index in [9.17, 15) is 4.39 Å². The summed E-state index contributed by atoms with van der Waals surface area (Å²) >= 11 is 0. The number of nitrogens with one attached hydrogen (secondary N) is 1. The molecule has 0 aliphatic heterocycles. The van der Waals surface area contributed by atoms with Crippen LogP contribution in [0.5, 0.6) is 5.75 Å². The third kappa shape index (κ3) is 4.65. The molecule has 1 aromatic rings. The van der Waals surface area contributed by atoms with Gasteiger partial charge >= 0.3 is 0 Å². The molecule has 1 aromatic carbocycles. The second-order valence-electron chi connectivity index (χ2n) is 5.14. The highest BCUT2D eigenvalue weighted by atomic mass is 19.1. The van der Waals surface area contributed by atoms with Crippen LogP contribution in [0.2, 0.25) is 0 Å². The van der Waals surface area contributed by atoms with E-state index in [4.69, 9.17) is 4.74 Å². The molecule has 0 radical (unpaired) electrons. The quantitative estimate of drug-likeness (QED) is 0.744. The van der Waals surface area contributed by atoms with Crippen molar-refractivity contribution in [3.63, 3.8) is 0 Å². The normalized spacial score (nSPS) is 11.6. The molecular weight excluding hydrogens is 229 g/mol. The van der Waals surface area contributed by atoms with Crippen molar-refractivity contribution in [3.05, 3.63) is 29.6 Å². The Bertz CT molecular complexity index is 377. The van der Waals surface area contributed by atoms with Crippen LogP contribution < -0.4 is 10.1 Å². The Morgan fingerprint density at radius 1 is 1.28 bits per heavy atom. The van der Waals surface area contributed by atoms with E-state index >= 15 is 0 Å². The summed E-state index contributed by atoms with van der Waals surface area (Å²) in [5.74, 6) is 0.553. The molecule has 0 aliphatic rings. The summed E-state index contributed by atoms with van der Waals surface area (Å²) in [4.78, 5) is 0. The highest BCUT2D eigenvalue weighted by molar-refractivity contribution is 5.34. The number of ether oxygens (including phenoxy) is 1. The van der Waals surface area contributed by atoms with Crippen molar-refractivity contribution in [2.24, 2.45) is 0 Å². The van der Waals surface area contributed by atoms with E-state index in [2.05, 4.69) is 19.2 Å². The van der Waals surface area contributed by atoms with Crippen LogP contribution in [0.25, 0.3) is 0 Å². The minimum absolute atomic E-state index is 0.218. The molecule has 0 atom stereocenters. The van der Waals surface area contributed by atoms with Gasteiger partial charge in [0.15, 0.2) is 0 Å². The van der Waals surface area contributed by atoms with Crippen molar-refractivity contribution in [1.29, 1.82) is 0 Å². The zero-order valence-corrected chi connectivity index (χ0v) is 11.8. The van der Waals surface area contributed by atoms with E-state index in [0.29, 0.717) is 6.54 Å². The molecule has 0 saturated carbocycles. The minimum Gasteiger partial charge on any atom is -0.488 e. The molecule has 0 spiro atoms. The molecule has 0 saturated heterocycles. The van der Waals surface area contributed by atoms with Crippen LogP contribution in [0.4, 0.5) is 4.39 Å². The second kappa shape index (κ2) is 6.74. The lowest BCUT2D eigenvalue weighted by Gasteiger charge is -2.26. The highest BCUT2D eigenvalue weighted by Crippen LogP contribution is 2.25. The molecule has 0 aromatic heterocycles. The Morgan fingerprint density at radius 2 is 2.00 bits per heavy atom. The van der Waals surface area contributed by atoms with Crippen LogP contribution >= 0.6 is 0 Å². The van der Waals surface area contributed by atoms with Gasteiger partial charge in [0.1, 0.15) is 17.2 Å². The summed E-state index contributed by atoms with van der Waals surface area (Å²) in [6.07, 6.45) is 1.97. The van der Waals surface area contributed by atoms with E-state index in [1.807, 2.05) is 13.8 Å². The maximum atomic E-state index is 13.3. The summed E-state index contributed by atoms with van der Waals surface area (Å²) in [5.41, 5.74) is 0.655. The largest absolute Gasteiger partial charge is 0.488 e. The van der Waals surface area contributed by atoms with Gasteiger partial charge in [-0.25, -0.2) is 4.39 Å². The first-order valence-electron chi connectivity index (χ1n) is 6.66. The summed E-state index contributed by atoms with van der Waals surface area (Å²) in [6, 6.07) is 4.71. The van der Waals surface area contributed by atoms with Crippen molar-refractivity contribution in [2.75, 3.05) is 6.54 Å². The predicted octanol–water partition coefficient (Wildman–Crippen LogP) is 3.89. The van der Waals surface area contributed by atoms with E-state index < -0.39 is 0 Å². The first-order valence-corrected chi connectivity index (χ1v) is 6.66. The molecule has 0 aliphatic carbocycles. The zero-order chi connectivity index (χ0) is 13.6. The first kappa shape index (κ1) is 15.0. The summed E-state index contributed by atoms with van der Waals surface area (Å²) in [5, 5.41) is 3.28. The van der Waals surface area contributed by atoms with Crippen LogP contribution in [0.3, 0.4) is 0 Å². The molecule has 3 heteroatoms. The van der Waals surface area contributed by atoms with Crippen molar-refractivity contribution < 1.29 is 9.13 Å². The Kier molecular flexibility index (Phi) is 5.60. The Balaban J connectivity index is 2.82.